The minimum Gasteiger partial charge on any atom is -0.394 e. The number of sulfonamides is 1. The minimum atomic E-state index is -3.08. The van der Waals surface area contributed by atoms with Gasteiger partial charge >= 0.3 is 0 Å². The highest BCUT2D eigenvalue weighted by atomic mass is 32.2. The summed E-state index contributed by atoms with van der Waals surface area (Å²) >= 11 is 0. The first-order chi connectivity index (χ1) is 8.25. The molecule has 7 heteroatoms. The van der Waals surface area contributed by atoms with Crippen LogP contribution in [0.1, 0.15) is 20.8 Å². The molecule has 0 saturated carbocycles. The van der Waals surface area contributed by atoms with E-state index in [1.165, 1.54) is 10.6 Å². The minimum absolute atomic E-state index is 0.390. The van der Waals surface area contributed by atoms with E-state index in [0.29, 0.717) is 32.2 Å². The molecule has 0 aliphatic heterocycles. The average Bonchev–Trinajstić information content (AvgIpc) is 2.25. The molecule has 0 spiro atoms. The van der Waals surface area contributed by atoms with Gasteiger partial charge in [0.15, 0.2) is 0 Å². The zero-order chi connectivity index (χ0) is 14.2. The lowest BCUT2D eigenvalue weighted by atomic mass is 10.1. The Kier molecular flexibility index (Phi) is 8.13. The number of rotatable bonds is 9. The number of oxime groups is 1. The zero-order valence-electron chi connectivity index (χ0n) is 11.9. The van der Waals surface area contributed by atoms with Crippen molar-refractivity contribution in [3.63, 3.8) is 0 Å². The number of nitrogens with one attached hydrogen (secondary N) is 1. The molecule has 0 rings (SSSR count). The highest BCUT2D eigenvalue weighted by Gasteiger charge is 2.08. The van der Waals surface area contributed by atoms with Gasteiger partial charge in [-0.25, -0.2) is 12.7 Å². The summed E-state index contributed by atoms with van der Waals surface area (Å²) in [6.07, 6.45) is 1.19. The van der Waals surface area contributed by atoms with E-state index in [1.807, 2.05) is 6.92 Å². The van der Waals surface area contributed by atoms with E-state index in [-0.39, 0.29) is 0 Å². The van der Waals surface area contributed by atoms with E-state index in [1.54, 1.807) is 7.05 Å². The molecule has 0 saturated heterocycles. The molecule has 0 aliphatic rings. The maximum Gasteiger partial charge on any atom is 0.210 e. The van der Waals surface area contributed by atoms with Crippen LogP contribution in [0.15, 0.2) is 5.16 Å². The fraction of sp³-hybridized carbons (Fsp3) is 0.909. The summed E-state index contributed by atoms with van der Waals surface area (Å²) in [4.78, 5) is 5.12. The third kappa shape index (κ3) is 8.43. The molecule has 0 aliphatic carbocycles. The molecule has 0 bridgehead atoms. The smallest absolute Gasteiger partial charge is 0.210 e. The van der Waals surface area contributed by atoms with Crippen LogP contribution >= 0.6 is 0 Å². The topological polar surface area (TPSA) is 71.0 Å². The second-order valence-corrected chi connectivity index (χ2v) is 6.64. The molecule has 1 N–H and O–H groups in total. The van der Waals surface area contributed by atoms with Gasteiger partial charge < -0.3 is 10.2 Å². The Bertz CT molecular complexity index is 353. The second kappa shape index (κ2) is 8.44. The summed E-state index contributed by atoms with van der Waals surface area (Å²) in [5.74, 6) is 0.390. The standard InChI is InChI=1S/C11H25N3O3S/c1-10(2)11(3)13-17-9-7-12-6-8-14(4)18(5,15)16/h10,12H,6-9H2,1-5H3/b13-11+. The lowest BCUT2D eigenvalue weighted by molar-refractivity contribution is 0.144. The Morgan fingerprint density at radius 3 is 2.50 bits per heavy atom. The van der Waals surface area contributed by atoms with Crippen molar-refractivity contribution in [3.8, 4) is 0 Å². The van der Waals surface area contributed by atoms with Crippen LogP contribution in [0, 0.1) is 5.92 Å². The van der Waals surface area contributed by atoms with Gasteiger partial charge in [-0.3, -0.25) is 0 Å². The van der Waals surface area contributed by atoms with Crippen molar-refractivity contribution in [1.29, 1.82) is 0 Å². The SMILES string of the molecule is C/C(=N\OCCNCCN(C)S(C)(=O)=O)C(C)C. The van der Waals surface area contributed by atoms with Gasteiger partial charge in [-0.15, -0.1) is 0 Å². The fourth-order valence-electron chi connectivity index (χ4n) is 0.898. The van der Waals surface area contributed by atoms with Crippen molar-refractivity contribution in [2.75, 3.05) is 39.5 Å². The van der Waals surface area contributed by atoms with E-state index < -0.39 is 10.0 Å². The summed E-state index contributed by atoms with van der Waals surface area (Å²) in [6, 6.07) is 0. The van der Waals surface area contributed by atoms with Gasteiger partial charge in [0.1, 0.15) is 6.61 Å². The quantitative estimate of drug-likeness (QED) is 0.379. The van der Waals surface area contributed by atoms with Crippen LogP contribution in [0.2, 0.25) is 0 Å². The maximum atomic E-state index is 11.1. The normalized spacial score (nSPS) is 13.4. The van der Waals surface area contributed by atoms with Crippen LogP contribution in [0.3, 0.4) is 0 Å². The maximum absolute atomic E-state index is 11.1. The van der Waals surface area contributed by atoms with Crippen LogP contribution in [-0.4, -0.2) is 58.0 Å². The Balaban J connectivity index is 3.56. The van der Waals surface area contributed by atoms with Crippen molar-refractivity contribution in [3.05, 3.63) is 0 Å². The summed E-state index contributed by atoms with van der Waals surface area (Å²) in [7, 11) is -1.52. The lowest BCUT2D eigenvalue weighted by Crippen LogP contribution is -2.34. The largest absolute Gasteiger partial charge is 0.394 e. The van der Waals surface area contributed by atoms with Gasteiger partial charge in [-0.2, -0.15) is 0 Å². The van der Waals surface area contributed by atoms with Crippen molar-refractivity contribution in [2.24, 2.45) is 11.1 Å². The van der Waals surface area contributed by atoms with Gasteiger partial charge in [0.25, 0.3) is 0 Å². The molecule has 6 nitrogen and oxygen atoms in total. The monoisotopic (exact) mass is 279 g/mol. The molecule has 0 aromatic heterocycles. The van der Waals surface area contributed by atoms with Crippen LogP contribution < -0.4 is 5.32 Å². The molecular formula is C11H25N3O3S. The first kappa shape index (κ1) is 17.3. The molecule has 0 aromatic carbocycles. The number of likely N-dealkylation sites (N-methyl/N-ethyl adjacent to an activating group) is 1. The van der Waals surface area contributed by atoms with E-state index in [2.05, 4.69) is 24.3 Å². The predicted octanol–water partition coefficient (Wildman–Crippen LogP) is 0.516. The van der Waals surface area contributed by atoms with E-state index in [4.69, 9.17) is 4.84 Å². The molecule has 108 valence electrons. The van der Waals surface area contributed by atoms with Gasteiger partial charge in [0, 0.05) is 26.7 Å². The van der Waals surface area contributed by atoms with Crippen LogP contribution in [0.5, 0.6) is 0 Å². The predicted molar refractivity (Wildman–Crippen MR) is 74.2 cm³/mol. The number of hydrogen-bond donors (Lipinski definition) is 1. The molecule has 0 atom stereocenters. The van der Waals surface area contributed by atoms with Crippen molar-refractivity contribution < 1.29 is 13.3 Å². The molecule has 0 heterocycles. The number of hydrogen-bond acceptors (Lipinski definition) is 5. The van der Waals surface area contributed by atoms with Crippen molar-refractivity contribution in [1.82, 2.24) is 9.62 Å². The van der Waals surface area contributed by atoms with Crippen LogP contribution in [0.25, 0.3) is 0 Å². The Morgan fingerprint density at radius 2 is 2.00 bits per heavy atom. The highest BCUT2D eigenvalue weighted by Crippen LogP contribution is 1.96. The van der Waals surface area contributed by atoms with Gasteiger partial charge in [-0.1, -0.05) is 19.0 Å². The molecule has 0 unspecified atom stereocenters. The summed E-state index contributed by atoms with van der Waals surface area (Å²) in [6.45, 7) is 8.22. The Morgan fingerprint density at radius 1 is 1.39 bits per heavy atom. The van der Waals surface area contributed by atoms with Gasteiger partial charge in [0.05, 0.1) is 12.0 Å². The van der Waals surface area contributed by atoms with Crippen molar-refractivity contribution in [2.45, 2.75) is 20.8 Å². The molecule has 0 aromatic rings. The fourth-order valence-corrected chi connectivity index (χ4v) is 1.32. The summed E-state index contributed by atoms with van der Waals surface area (Å²) < 4.78 is 23.5. The van der Waals surface area contributed by atoms with Gasteiger partial charge in [-0.05, 0) is 12.8 Å². The highest BCUT2D eigenvalue weighted by molar-refractivity contribution is 7.88. The van der Waals surface area contributed by atoms with Gasteiger partial charge in [0.2, 0.25) is 10.0 Å². The third-order valence-corrected chi connectivity index (χ3v) is 3.90. The zero-order valence-corrected chi connectivity index (χ0v) is 12.7. The van der Waals surface area contributed by atoms with E-state index in [9.17, 15) is 8.42 Å². The average molecular weight is 279 g/mol. The van der Waals surface area contributed by atoms with Crippen molar-refractivity contribution >= 4 is 15.7 Å². The molecule has 0 fully saturated rings. The van der Waals surface area contributed by atoms with E-state index >= 15 is 0 Å². The molecular weight excluding hydrogens is 254 g/mol. The summed E-state index contributed by atoms with van der Waals surface area (Å²) in [5, 5.41) is 7.06. The first-order valence-electron chi connectivity index (χ1n) is 6.03. The second-order valence-electron chi connectivity index (χ2n) is 4.56. The molecule has 18 heavy (non-hydrogen) atoms. The molecule has 0 amide bonds. The van der Waals surface area contributed by atoms with E-state index in [0.717, 1.165) is 5.71 Å². The van der Waals surface area contributed by atoms with Crippen LogP contribution in [0.4, 0.5) is 0 Å². The first-order valence-corrected chi connectivity index (χ1v) is 7.88. The van der Waals surface area contributed by atoms with Crippen LogP contribution in [-0.2, 0) is 14.9 Å². The summed E-state index contributed by atoms with van der Waals surface area (Å²) in [5.41, 5.74) is 0.965. The molecule has 0 radical (unpaired) electrons. The lowest BCUT2D eigenvalue weighted by Gasteiger charge is -2.14. The number of nitrogens with zero attached hydrogens (tertiary/aromatic N) is 2. The Labute approximate surface area is 110 Å². The Hall–Kier alpha value is -0.660. The third-order valence-electron chi connectivity index (χ3n) is 2.58.